The minimum Gasteiger partial charge on any atom is -0.497 e. The largest absolute Gasteiger partial charge is 0.497 e. The Bertz CT molecular complexity index is 1340. The van der Waals surface area contributed by atoms with Gasteiger partial charge in [0.2, 0.25) is 0 Å². The lowest BCUT2D eigenvalue weighted by atomic mass is 10.1. The van der Waals surface area contributed by atoms with Crippen LogP contribution in [-0.2, 0) is 0 Å². The van der Waals surface area contributed by atoms with Crippen LogP contribution in [0.15, 0.2) is 79.0 Å². The number of benzene rings is 3. The van der Waals surface area contributed by atoms with Crippen molar-refractivity contribution in [1.82, 2.24) is 14.7 Å². The molecule has 2 amide bonds. The lowest BCUT2D eigenvalue weighted by Gasteiger charge is -2.12. The maximum Gasteiger partial charge on any atom is 0.259 e. The van der Waals surface area contributed by atoms with Gasteiger partial charge in [-0.2, -0.15) is 5.10 Å². The number of hydrogen-bond acceptors (Lipinski definition) is 4. The van der Waals surface area contributed by atoms with Gasteiger partial charge in [0.25, 0.3) is 11.8 Å². The summed E-state index contributed by atoms with van der Waals surface area (Å²) >= 11 is 0. The van der Waals surface area contributed by atoms with Gasteiger partial charge in [-0.05, 0) is 49.4 Å². The second-order valence-corrected chi connectivity index (χ2v) is 8.14. The van der Waals surface area contributed by atoms with Crippen molar-refractivity contribution in [3.05, 3.63) is 95.7 Å². The number of aryl methyl sites for hydroxylation is 1. The standard InChI is InChI=1S/C27H26N4O3/c1-18-11-13-22(14-12-18)31-17-24(25(29-31)19-7-6-10-23(16-19)34-4)26(32)28-21-9-5-8-20(15-21)27(33)30(2)3/h5-17H,1-4H3,(H,28,32). The van der Waals surface area contributed by atoms with E-state index in [0.29, 0.717) is 28.3 Å². The predicted octanol–water partition coefficient (Wildman–Crippen LogP) is 4.81. The van der Waals surface area contributed by atoms with Crippen LogP contribution in [0.1, 0.15) is 26.3 Å². The van der Waals surface area contributed by atoms with Crippen LogP contribution in [0.3, 0.4) is 0 Å². The first-order valence-electron chi connectivity index (χ1n) is 10.8. The highest BCUT2D eigenvalue weighted by Gasteiger charge is 2.20. The number of carbonyl (C=O) groups excluding carboxylic acids is 2. The van der Waals surface area contributed by atoms with Crippen LogP contribution < -0.4 is 10.1 Å². The van der Waals surface area contributed by atoms with Crippen molar-refractivity contribution in [3.8, 4) is 22.7 Å². The average Bonchev–Trinajstić information content (AvgIpc) is 3.30. The number of rotatable bonds is 6. The van der Waals surface area contributed by atoms with Gasteiger partial charge in [-0.1, -0.05) is 35.9 Å². The normalized spacial score (nSPS) is 10.6. The Morgan fingerprint density at radius 2 is 1.71 bits per heavy atom. The van der Waals surface area contributed by atoms with E-state index in [1.165, 1.54) is 4.90 Å². The van der Waals surface area contributed by atoms with Gasteiger partial charge in [0.15, 0.2) is 0 Å². The number of carbonyl (C=O) groups is 2. The molecule has 4 aromatic rings. The van der Waals surface area contributed by atoms with E-state index in [-0.39, 0.29) is 11.8 Å². The molecule has 172 valence electrons. The first kappa shape index (κ1) is 22.8. The minimum atomic E-state index is -0.328. The fourth-order valence-electron chi connectivity index (χ4n) is 3.54. The SMILES string of the molecule is COc1cccc(-c2nn(-c3ccc(C)cc3)cc2C(=O)Nc2cccc(C(=O)N(C)C)c2)c1. The fraction of sp³-hybridized carbons (Fsp3) is 0.148. The number of aromatic nitrogens is 2. The summed E-state index contributed by atoms with van der Waals surface area (Å²) < 4.78 is 7.05. The molecular weight excluding hydrogens is 428 g/mol. The molecule has 1 heterocycles. The molecule has 7 nitrogen and oxygen atoms in total. The second-order valence-electron chi connectivity index (χ2n) is 8.14. The lowest BCUT2D eigenvalue weighted by molar-refractivity contribution is 0.0827. The van der Waals surface area contributed by atoms with E-state index >= 15 is 0 Å². The third-order valence-corrected chi connectivity index (χ3v) is 5.37. The molecule has 0 aliphatic rings. The summed E-state index contributed by atoms with van der Waals surface area (Å²) in [4.78, 5) is 27.2. The zero-order valence-electron chi connectivity index (χ0n) is 19.6. The summed E-state index contributed by atoms with van der Waals surface area (Å²) in [6, 6.07) is 22.2. The average molecular weight is 455 g/mol. The van der Waals surface area contributed by atoms with E-state index in [0.717, 1.165) is 16.8 Å². The van der Waals surface area contributed by atoms with E-state index in [2.05, 4.69) is 5.32 Å². The van der Waals surface area contributed by atoms with Crippen LogP contribution in [0, 0.1) is 6.92 Å². The highest BCUT2D eigenvalue weighted by atomic mass is 16.5. The molecule has 0 aliphatic carbocycles. The van der Waals surface area contributed by atoms with Crippen LogP contribution in [0.4, 0.5) is 5.69 Å². The van der Waals surface area contributed by atoms with Crippen LogP contribution in [0.5, 0.6) is 5.75 Å². The first-order chi connectivity index (χ1) is 16.4. The molecule has 1 N–H and O–H groups in total. The lowest BCUT2D eigenvalue weighted by Crippen LogP contribution is -2.22. The van der Waals surface area contributed by atoms with E-state index < -0.39 is 0 Å². The topological polar surface area (TPSA) is 76.5 Å². The summed E-state index contributed by atoms with van der Waals surface area (Å²) in [6.45, 7) is 2.02. The molecule has 0 fully saturated rings. The van der Waals surface area contributed by atoms with E-state index in [1.807, 2.05) is 55.5 Å². The molecule has 0 saturated heterocycles. The number of methoxy groups -OCH3 is 1. The highest BCUT2D eigenvalue weighted by molar-refractivity contribution is 6.08. The van der Waals surface area contributed by atoms with Crippen molar-refractivity contribution in [2.75, 3.05) is 26.5 Å². The molecule has 0 aliphatic heterocycles. The number of amides is 2. The Balaban J connectivity index is 1.73. The van der Waals surface area contributed by atoms with Gasteiger partial charge in [0.05, 0.1) is 18.4 Å². The van der Waals surface area contributed by atoms with Gasteiger partial charge in [-0.3, -0.25) is 9.59 Å². The molecule has 7 heteroatoms. The Hall–Kier alpha value is -4.39. The summed E-state index contributed by atoms with van der Waals surface area (Å²) in [6.07, 6.45) is 1.71. The van der Waals surface area contributed by atoms with Gasteiger partial charge < -0.3 is 15.0 Å². The van der Waals surface area contributed by atoms with Crippen molar-refractivity contribution in [3.63, 3.8) is 0 Å². The molecule has 34 heavy (non-hydrogen) atoms. The van der Waals surface area contributed by atoms with E-state index in [9.17, 15) is 9.59 Å². The van der Waals surface area contributed by atoms with E-state index in [4.69, 9.17) is 9.84 Å². The van der Waals surface area contributed by atoms with Gasteiger partial charge in [-0.25, -0.2) is 4.68 Å². The predicted molar refractivity (Wildman–Crippen MR) is 133 cm³/mol. The fourth-order valence-corrected chi connectivity index (χ4v) is 3.54. The number of nitrogens with zero attached hydrogens (tertiary/aromatic N) is 3. The quantitative estimate of drug-likeness (QED) is 0.454. The molecule has 1 aromatic heterocycles. The molecule has 0 bridgehead atoms. The van der Waals surface area contributed by atoms with Crippen molar-refractivity contribution in [2.45, 2.75) is 6.92 Å². The Labute approximate surface area is 198 Å². The Morgan fingerprint density at radius 1 is 0.971 bits per heavy atom. The molecule has 4 rings (SSSR count). The third kappa shape index (κ3) is 4.83. The zero-order valence-corrected chi connectivity index (χ0v) is 19.6. The number of nitrogens with one attached hydrogen (secondary N) is 1. The van der Waals surface area contributed by atoms with Crippen molar-refractivity contribution in [1.29, 1.82) is 0 Å². The van der Waals surface area contributed by atoms with Crippen LogP contribution >= 0.6 is 0 Å². The number of anilines is 1. The van der Waals surface area contributed by atoms with E-state index in [1.54, 1.807) is 56.3 Å². The monoisotopic (exact) mass is 454 g/mol. The third-order valence-electron chi connectivity index (χ3n) is 5.37. The van der Waals surface area contributed by atoms with Gasteiger partial charge >= 0.3 is 0 Å². The van der Waals surface area contributed by atoms with Crippen LogP contribution in [0.2, 0.25) is 0 Å². The summed E-state index contributed by atoms with van der Waals surface area (Å²) in [7, 11) is 4.97. The highest BCUT2D eigenvalue weighted by Crippen LogP contribution is 2.28. The maximum atomic E-state index is 13.4. The molecule has 0 saturated carbocycles. The Morgan fingerprint density at radius 3 is 2.41 bits per heavy atom. The zero-order chi connectivity index (χ0) is 24.2. The maximum absolute atomic E-state index is 13.4. The number of ether oxygens (including phenoxy) is 1. The van der Waals surface area contributed by atoms with Crippen LogP contribution in [-0.4, -0.2) is 47.7 Å². The Kier molecular flexibility index (Phi) is 6.45. The van der Waals surface area contributed by atoms with Gasteiger partial charge in [0, 0.05) is 37.1 Å². The molecule has 0 spiro atoms. The van der Waals surface area contributed by atoms with Crippen molar-refractivity contribution in [2.24, 2.45) is 0 Å². The molecule has 3 aromatic carbocycles. The van der Waals surface area contributed by atoms with Gasteiger partial charge in [-0.15, -0.1) is 0 Å². The van der Waals surface area contributed by atoms with Gasteiger partial charge in [0.1, 0.15) is 11.4 Å². The molecular formula is C27H26N4O3. The molecule has 0 radical (unpaired) electrons. The van der Waals surface area contributed by atoms with Crippen molar-refractivity contribution >= 4 is 17.5 Å². The first-order valence-corrected chi connectivity index (χ1v) is 10.8. The summed E-state index contributed by atoms with van der Waals surface area (Å²) in [5.74, 6) is 0.203. The van der Waals surface area contributed by atoms with Crippen molar-refractivity contribution < 1.29 is 14.3 Å². The second kappa shape index (κ2) is 9.62. The summed E-state index contributed by atoms with van der Waals surface area (Å²) in [5.41, 5.74) is 4.67. The smallest absolute Gasteiger partial charge is 0.259 e. The summed E-state index contributed by atoms with van der Waals surface area (Å²) in [5, 5.41) is 7.64. The van der Waals surface area contributed by atoms with Crippen LogP contribution in [0.25, 0.3) is 16.9 Å². The number of hydrogen-bond donors (Lipinski definition) is 1. The molecule has 0 atom stereocenters. The minimum absolute atomic E-state index is 0.139. The molecule has 0 unspecified atom stereocenters.